The van der Waals surface area contributed by atoms with Gasteiger partial charge in [0, 0.05) is 21.8 Å². The summed E-state index contributed by atoms with van der Waals surface area (Å²) in [5, 5.41) is 0.746. The van der Waals surface area contributed by atoms with E-state index in [-0.39, 0.29) is 0 Å². The fraction of sp³-hybridized carbons (Fsp3) is 0.533. The molecule has 88 valence electrons. The van der Waals surface area contributed by atoms with E-state index >= 15 is 0 Å². The van der Waals surface area contributed by atoms with Crippen LogP contribution in [0.1, 0.15) is 19.8 Å². The molecule has 5 unspecified atom stereocenters. The van der Waals surface area contributed by atoms with E-state index in [0.29, 0.717) is 6.04 Å². The summed E-state index contributed by atoms with van der Waals surface area (Å²) in [6.45, 7) is 2.25. The summed E-state index contributed by atoms with van der Waals surface area (Å²) in [7, 11) is 0. The summed E-state index contributed by atoms with van der Waals surface area (Å²) in [5.74, 6) is 2.65. The molecule has 0 radical (unpaired) electrons. The van der Waals surface area contributed by atoms with Crippen molar-refractivity contribution in [2.24, 2.45) is 22.7 Å². The maximum absolute atomic E-state index is 4.95. The lowest BCUT2D eigenvalue weighted by Crippen LogP contribution is -2.29. The van der Waals surface area contributed by atoms with Gasteiger partial charge in [-0.05, 0) is 43.7 Å². The number of thioether (sulfide) groups is 1. The van der Waals surface area contributed by atoms with Crippen molar-refractivity contribution in [3.63, 3.8) is 0 Å². The maximum Gasteiger partial charge on any atom is 0.0658 e. The largest absolute Gasteiger partial charge is 0.289 e. The zero-order valence-corrected chi connectivity index (χ0v) is 10.9. The molecule has 0 aromatic heterocycles. The minimum absolute atomic E-state index is 0.629. The van der Waals surface area contributed by atoms with E-state index in [2.05, 4.69) is 49.0 Å². The van der Waals surface area contributed by atoms with Crippen molar-refractivity contribution in [2.45, 2.75) is 36.0 Å². The third-order valence-corrected chi connectivity index (χ3v) is 6.27. The third-order valence-electron chi connectivity index (χ3n) is 4.79. The fourth-order valence-corrected chi connectivity index (χ4v) is 5.53. The van der Waals surface area contributed by atoms with Gasteiger partial charge in [0.05, 0.1) is 6.04 Å². The predicted molar refractivity (Wildman–Crippen MR) is 72.7 cm³/mol. The highest BCUT2D eigenvalue weighted by atomic mass is 32.2. The number of aliphatic imine (C=N–C) groups is 1. The molecule has 1 aromatic rings. The van der Waals surface area contributed by atoms with Crippen LogP contribution < -0.4 is 0 Å². The summed E-state index contributed by atoms with van der Waals surface area (Å²) in [6.07, 6.45) is 2.83. The lowest BCUT2D eigenvalue weighted by molar-refractivity contribution is 0.409. The van der Waals surface area contributed by atoms with Crippen molar-refractivity contribution in [3.05, 3.63) is 30.3 Å². The van der Waals surface area contributed by atoms with Gasteiger partial charge in [0.2, 0.25) is 0 Å². The molecule has 17 heavy (non-hydrogen) atoms. The Labute approximate surface area is 107 Å². The minimum Gasteiger partial charge on any atom is -0.289 e. The normalized spacial score (nSPS) is 41.9. The van der Waals surface area contributed by atoms with Crippen LogP contribution in [0.3, 0.4) is 0 Å². The highest BCUT2D eigenvalue weighted by Gasteiger charge is 2.56. The molecule has 0 spiro atoms. The van der Waals surface area contributed by atoms with E-state index in [1.807, 2.05) is 0 Å². The van der Waals surface area contributed by atoms with Gasteiger partial charge < -0.3 is 0 Å². The van der Waals surface area contributed by atoms with Crippen LogP contribution >= 0.6 is 11.8 Å². The minimum atomic E-state index is 0.629. The molecule has 0 N–H and O–H groups in total. The molecule has 0 saturated heterocycles. The quantitative estimate of drug-likeness (QED) is 0.772. The first kappa shape index (κ1) is 10.2. The lowest BCUT2D eigenvalue weighted by Gasteiger charge is -2.26. The van der Waals surface area contributed by atoms with Crippen molar-refractivity contribution < 1.29 is 0 Å². The molecular formula is C15H17NS. The monoisotopic (exact) mass is 243 g/mol. The number of benzene rings is 1. The summed E-state index contributed by atoms with van der Waals surface area (Å²) < 4.78 is 0. The van der Waals surface area contributed by atoms with Crippen molar-refractivity contribution >= 4 is 17.5 Å². The average Bonchev–Trinajstić information content (AvgIpc) is 2.95. The Hall–Kier alpha value is -0.760. The standard InChI is InChI=1S/C15H17NS/c1-9-12-7-10-8-13(12)14(16-9)15(10)17-11-5-3-2-4-6-11/h2-6,10,12-15H,7-8H2,1H3. The third kappa shape index (κ3) is 1.43. The summed E-state index contributed by atoms with van der Waals surface area (Å²) in [5.41, 5.74) is 1.44. The molecule has 2 heteroatoms. The van der Waals surface area contributed by atoms with Gasteiger partial charge in [0.25, 0.3) is 0 Å². The van der Waals surface area contributed by atoms with Crippen LogP contribution in [0.4, 0.5) is 0 Å². The van der Waals surface area contributed by atoms with Crippen LogP contribution in [0.15, 0.2) is 40.2 Å². The molecular weight excluding hydrogens is 226 g/mol. The zero-order valence-electron chi connectivity index (χ0n) is 10.0. The van der Waals surface area contributed by atoms with Crippen LogP contribution in [0.25, 0.3) is 0 Å². The topological polar surface area (TPSA) is 12.4 Å². The highest BCUT2D eigenvalue weighted by molar-refractivity contribution is 8.00. The second kappa shape index (κ2) is 3.61. The molecule has 2 saturated carbocycles. The van der Waals surface area contributed by atoms with Crippen LogP contribution in [0.5, 0.6) is 0 Å². The first-order valence-electron chi connectivity index (χ1n) is 6.59. The average molecular weight is 243 g/mol. The summed E-state index contributed by atoms with van der Waals surface area (Å²) in [4.78, 5) is 6.36. The van der Waals surface area contributed by atoms with Crippen molar-refractivity contribution in [1.82, 2.24) is 0 Å². The molecule has 1 heterocycles. The summed E-state index contributed by atoms with van der Waals surface area (Å²) >= 11 is 2.07. The van der Waals surface area contributed by atoms with Gasteiger partial charge in [-0.25, -0.2) is 0 Å². The van der Waals surface area contributed by atoms with Crippen molar-refractivity contribution in [2.75, 3.05) is 0 Å². The first-order valence-corrected chi connectivity index (χ1v) is 7.47. The van der Waals surface area contributed by atoms with E-state index in [1.54, 1.807) is 0 Å². The Morgan fingerprint density at radius 1 is 1.18 bits per heavy atom. The molecule has 0 amide bonds. The number of rotatable bonds is 2. The predicted octanol–water partition coefficient (Wildman–Crippen LogP) is 3.65. The van der Waals surface area contributed by atoms with Gasteiger partial charge in [-0.3, -0.25) is 4.99 Å². The van der Waals surface area contributed by atoms with E-state index in [9.17, 15) is 0 Å². The van der Waals surface area contributed by atoms with Crippen molar-refractivity contribution in [3.8, 4) is 0 Å². The number of nitrogens with zero attached hydrogens (tertiary/aromatic N) is 1. The van der Waals surface area contributed by atoms with Crippen LogP contribution in [-0.4, -0.2) is 17.0 Å². The molecule has 2 bridgehead atoms. The molecule has 1 nitrogen and oxygen atoms in total. The van der Waals surface area contributed by atoms with Crippen LogP contribution in [0, 0.1) is 17.8 Å². The second-order valence-electron chi connectivity index (χ2n) is 5.66. The van der Waals surface area contributed by atoms with Crippen molar-refractivity contribution in [1.29, 1.82) is 0 Å². The second-order valence-corrected chi connectivity index (χ2v) is 6.91. The Balaban J connectivity index is 1.61. The lowest BCUT2D eigenvalue weighted by atomic mass is 9.86. The summed E-state index contributed by atoms with van der Waals surface area (Å²) in [6, 6.07) is 11.5. The van der Waals surface area contributed by atoms with Gasteiger partial charge >= 0.3 is 0 Å². The van der Waals surface area contributed by atoms with E-state index in [4.69, 9.17) is 4.99 Å². The SMILES string of the molecule is CC1=NC2C3CC(CC13)C2Sc1ccccc1. The van der Waals surface area contributed by atoms with Gasteiger partial charge in [0.1, 0.15) is 0 Å². The Morgan fingerprint density at radius 2 is 2.00 bits per heavy atom. The number of hydrogen-bond donors (Lipinski definition) is 0. The van der Waals surface area contributed by atoms with Gasteiger partial charge in [-0.2, -0.15) is 0 Å². The maximum atomic E-state index is 4.95. The molecule has 2 fully saturated rings. The first-order chi connectivity index (χ1) is 8.33. The molecule has 3 aliphatic rings. The zero-order chi connectivity index (χ0) is 11.4. The Bertz CT molecular complexity index is 467. The Kier molecular flexibility index (Phi) is 2.17. The number of fused-ring (bicyclic) bond motifs is 1. The number of hydrogen-bond acceptors (Lipinski definition) is 2. The van der Waals surface area contributed by atoms with Crippen LogP contribution in [-0.2, 0) is 0 Å². The van der Waals surface area contributed by atoms with Gasteiger partial charge in [-0.15, -0.1) is 11.8 Å². The molecule has 2 aliphatic carbocycles. The fourth-order valence-electron chi connectivity index (χ4n) is 4.08. The highest BCUT2D eigenvalue weighted by Crippen LogP contribution is 2.58. The molecule has 1 aromatic carbocycles. The van der Waals surface area contributed by atoms with Gasteiger partial charge in [0.15, 0.2) is 0 Å². The van der Waals surface area contributed by atoms with Crippen LogP contribution in [0.2, 0.25) is 0 Å². The molecule has 4 rings (SSSR count). The van der Waals surface area contributed by atoms with E-state index < -0.39 is 0 Å². The van der Waals surface area contributed by atoms with E-state index in [1.165, 1.54) is 23.4 Å². The van der Waals surface area contributed by atoms with E-state index in [0.717, 1.165) is 23.0 Å². The Morgan fingerprint density at radius 3 is 2.82 bits per heavy atom. The smallest absolute Gasteiger partial charge is 0.0658 e. The molecule has 1 aliphatic heterocycles. The molecule has 5 atom stereocenters. The van der Waals surface area contributed by atoms with Gasteiger partial charge in [-0.1, -0.05) is 18.2 Å².